The molecule has 2 N–H and O–H groups in total. The second kappa shape index (κ2) is 6.39. The molecule has 3 heteroatoms. The van der Waals surface area contributed by atoms with Crippen molar-refractivity contribution in [2.75, 3.05) is 0 Å². The van der Waals surface area contributed by atoms with Crippen LogP contribution < -0.4 is 5.73 Å². The van der Waals surface area contributed by atoms with Crippen LogP contribution in [-0.4, -0.2) is 0 Å². The molecule has 1 unspecified atom stereocenters. The molecule has 0 spiro atoms. The number of rotatable bonds is 4. The summed E-state index contributed by atoms with van der Waals surface area (Å²) in [5.41, 5.74) is 9.96. The Morgan fingerprint density at radius 2 is 1.76 bits per heavy atom. The highest BCUT2D eigenvalue weighted by molar-refractivity contribution is 6.35. The lowest BCUT2D eigenvalue weighted by Gasteiger charge is -2.26. The third kappa shape index (κ3) is 3.42. The molecule has 0 bridgehead atoms. The summed E-state index contributed by atoms with van der Waals surface area (Å²) < 4.78 is 0. The van der Waals surface area contributed by atoms with Gasteiger partial charge >= 0.3 is 0 Å². The minimum Gasteiger partial charge on any atom is -0.324 e. The lowest BCUT2D eigenvalue weighted by Crippen LogP contribution is -2.14. The number of halogens is 2. The monoisotopic (exact) mass is 319 g/mol. The van der Waals surface area contributed by atoms with E-state index in [4.69, 9.17) is 28.9 Å². The summed E-state index contributed by atoms with van der Waals surface area (Å²) in [6.45, 7) is 0. The second-order valence-electron chi connectivity index (χ2n) is 5.84. The average molecular weight is 320 g/mol. The molecule has 0 heterocycles. The molecule has 2 aromatic rings. The van der Waals surface area contributed by atoms with Gasteiger partial charge in [-0.15, -0.1) is 0 Å². The van der Waals surface area contributed by atoms with Gasteiger partial charge in [0.05, 0.1) is 0 Å². The molecule has 1 nitrogen and oxygen atoms in total. The maximum atomic E-state index is 6.32. The van der Waals surface area contributed by atoms with Crippen LogP contribution >= 0.6 is 23.2 Å². The van der Waals surface area contributed by atoms with Gasteiger partial charge in [0.25, 0.3) is 0 Å². The Bertz CT molecular complexity index is 618. The van der Waals surface area contributed by atoms with Gasteiger partial charge in [-0.25, -0.2) is 0 Å². The van der Waals surface area contributed by atoms with E-state index in [0.29, 0.717) is 10.0 Å². The van der Waals surface area contributed by atoms with E-state index in [1.165, 1.54) is 24.8 Å². The van der Waals surface area contributed by atoms with Gasteiger partial charge in [-0.1, -0.05) is 60.0 Å². The zero-order valence-corrected chi connectivity index (χ0v) is 13.4. The van der Waals surface area contributed by atoms with E-state index < -0.39 is 0 Å². The first-order valence-electron chi connectivity index (χ1n) is 7.43. The highest BCUT2D eigenvalue weighted by Gasteiger charge is 2.19. The molecule has 21 heavy (non-hydrogen) atoms. The second-order valence-corrected chi connectivity index (χ2v) is 6.68. The molecule has 0 amide bonds. The molecule has 2 aromatic carbocycles. The highest BCUT2D eigenvalue weighted by Crippen LogP contribution is 2.36. The summed E-state index contributed by atoms with van der Waals surface area (Å²) >= 11 is 12.1. The van der Waals surface area contributed by atoms with Crippen molar-refractivity contribution in [2.24, 2.45) is 5.73 Å². The van der Waals surface area contributed by atoms with Crippen LogP contribution in [0.3, 0.4) is 0 Å². The van der Waals surface area contributed by atoms with Crippen molar-refractivity contribution in [1.29, 1.82) is 0 Å². The molecular weight excluding hydrogens is 301 g/mol. The standard InChI is InChI=1S/C18H19Cl2N/c19-16-9-8-15(17(20)11-16)10-18(21)14-6-4-13(5-7-14)12-2-1-3-12/h4-9,11-12,18H,1-3,10,21H2. The van der Waals surface area contributed by atoms with Crippen molar-refractivity contribution < 1.29 is 0 Å². The third-order valence-corrected chi connectivity index (χ3v) is 4.98. The molecule has 3 rings (SSSR count). The molecule has 110 valence electrons. The molecule has 1 aliphatic carbocycles. The Hall–Kier alpha value is -1.02. The van der Waals surface area contributed by atoms with Crippen molar-refractivity contribution in [2.45, 2.75) is 37.6 Å². The zero-order valence-electron chi connectivity index (χ0n) is 11.9. The van der Waals surface area contributed by atoms with Gasteiger partial charge in [-0.2, -0.15) is 0 Å². The fourth-order valence-corrected chi connectivity index (χ4v) is 3.28. The van der Waals surface area contributed by atoms with E-state index in [0.717, 1.165) is 23.5 Å². The van der Waals surface area contributed by atoms with Crippen molar-refractivity contribution >= 4 is 23.2 Å². The van der Waals surface area contributed by atoms with Crippen LogP contribution in [0.5, 0.6) is 0 Å². The Balaban J connectivity index is 1.70. The average Bonchev–Trinajstić information content (AvgIpc) is 2.41. The van der Waals surface area contributed by atoms with Crippen LogP contribution in [-0.2, 0) is 6.42 Å². The quantitative estimate of drug-likeness (QED) is 0.790. The predicted molar refractivity (Wildman–Crippen MR) is 90.1 cm³/mol. The minimum absolute atomic E-state index is 0.0425. The van der Waals surface area contributed by atoms with Crippen LogP contribution in [0, 0.1) is 0 Å². The van der Waals surface area contributed by atoms with E-state index >= 15 is 0 Å². The molecule has 1 aliphatic rings. The van der Waals surface area contributed by atoms with Gasteiger partial charge in [-0.3, -0.25) is 0 Å². The van der Waals surface area contributed by atoms with E-state index in [1.54, 1.807) is 6.07 Å². The van der Waals surface area contributed by atoms with E-state index in [1.807, 2.05) is 12.1 Å². The maximum absolute atomic E-state index is 6.32. The van der Waals surface area contributed by atoms with Gasteiger partial charge in [-0.05, 0) is 54.0 Å². The summed E-state index contributed by atoms with van der Waals surface area (Å²) in [7, 11) is 0. The smallest absolute Gasteiger partial charge is 0.0453 e. The Morgan fingerprint density at radius 1 is 1.05 bits per heavy atom. The third-order valence-electron chi connectivity index (χ3n) is 4.40. The van der Waals surface area contributed by atoms with Gasteiger partial charge in [0.15, 0.2) is 0 Å². The summed E-state index contributed by atoms with van der Waals surface area (Å²) in [6, 6.07) is 14.3. The predicted octanol–water partition coefficient (Wildman–Crippen LogP) is 5.50. The van der Waals surface area contributed by atoms with Crippen LogP contribution in [0.4, 0.5) is 0 Å². The van der Waals surface area contributed by atoms with Crippen LogP contribution in [0.15, 0.2) is 42.5 Å². The number of benzene rings is 2. The highest BCUT2D eigenvalue weighted by atomic mass is 35.5. The van der Waals surface area contributed by atoms with Crippen LogP contribution in [0.25, 0.3) is 0 Å². The lowest BCUT2D eigenvalue weighted by molar-refractivity contribution is 0.419. The first-order valence-corrected chi connectivity index (χ1v) is 8.18. The summed E-state index contributed by atoms with van der Waals surface area (Å²) in [5, 5.41) is 1.34. The van der Waals surface area contributed by atoms with Gasteiger partial charge in [0.2, 0.25) is 0 Å². The fraction of sp³-hybridized carbons (Fsp3) is 0.333. The first-order chi connectivity index (χ1) is 10.1. The number of hydrogen-bond acceptors (Lipinski definition) is 1. The summed E-state index contributed by atoms with van der Waals surface area (Å²) in [5.74, 6) is 0.765. The van der Waals surface area contributed by atoms with Crippen molar-refractivity contribution in [1.82, 2.24) is 0 Å². The van der Waals surface area contributed by atoms with Crippen molar-refractivity contribution in [3.8, 4) is 0 Å². The Kier molecular flexibility index (Phi) is 4.54. The van der Waals surface area contributed by atoms with Crippen LogP contribution in [0.2, 0.25) is 10.0 Å². The Morgan fingerprint density at radius 3 is 2.33 bits per heavy atom. The van der Waals surface area contributed by atoms with Crippen molar-refractivity contribution in [3.05, 3.63) is 69.2 Å². The fourth-order valence-electron chi connectivity index (χ4n) is 2.80. The molecule has 0 saturated heterocycles. The molecule has 0 aromatic heterocycles. The van der Waals surface area contributed by atoms with Crippen LogP contribution in [0.1, 0.15) is 47.9 Å². The molecule has 1 saturated carbocycles. The first kappa shape index (κ1) is 14.9. The molecular formula is C18H19Cl2N. The number of hydrogen-bond donors (Lipinski definition) is 1. The van der Waals surface area contributed by atoms with Crippen molar-refractivity contribution in [3.63, 3.8) is 0 Å². The summed E-state index contributed by atoms with van der Waals surface area (Å²) in [4.78, 5) is 0. The number of nitrogens with two attached hydrogens (primary N) is 1. The van der Waals surface area contributed by atoms with Gasteiger partial charge in [0.1, 0.15) is 0 Å². The maximum Gasteiger partial charge on any atom is 0.0453 e. The topological polar surface area (TPSA) is 26.0 Å². The zero-order chi connectivity index (χ0) is 14.8. The summed E-state index contributed by atoms with van der Waals surface area (Å²) in [6.07, 6.45) is 4.73. The van der Waals surface area contributed by atoms with E-state index in [-0.39, 0.29) is 6.04 Å². The molecule has 0 radical (unpaired) electrons. The molecule has 1 atom stereocenters. The molecule has 0 aliphatic heterocycles. The normalized spacial score (nSPS) is 16.5. The van der Waals surface area contributed by atoms with E-state index in [9.17, 15) is 0 Å². The SMILES string of the molecule is NC(Cc1ccc(Cl)cc1Cl)c1ccc(C2CCC2)cc1. The lowest BCUT2D eigenvalue weighted by atomic mass is 9.80. The largest absolute Gasteiger partial charge is 0.324 e. The van der Waals surface area contributed by atoms with E-state index in [2.05, 4.69) is 24.3 Å². The van der Waals surface area contributed by atoms with Gasteiger partial charge < -0.3 is 5.73 Å². The minimum atomic E-state index is -0.0425. The Labute approximate surface area is 136 Å². The molecule has 1 fully saturated rings. The van der Waals surface area contributed by atoms with Gasteiger partial charge in [0, 0.05) is 16.1 Å².